The maximum Gasteiger partial charge on any atom is 0.134 e. The Kier molecular flexibility index (Phi) is 1.20. The molecule has 0 fully saturated rings. The highest BCUT2D eigenvalue weighted by Gasteiger charge is 2.15. The molecule has 1 atom stereocenters. The minimum atomic E-state index is 0.289. The zero-order valence-corrected chi connectivity index (χ0v) is 5.70. The molecular weight excluding hydrogens is 128 g/mol. The number of hydrogen-bond donors (Lipinski definition) is 1. The van der Waals surface area contributed by atoms with Gasteiger partial charge < -0.3 is 10.3 Å². The lowest BCUT2D eigenvalue weighted by molar-refractivity contribution is 0.463. The van der Waals surface area contributed by atoms with Gasteiger partial charge in [0, 0.05) is 19.0 Å². The lowest BCUT2D eigenvalue weighted by Gasteiger charge is -2.17. The predicted molar refractivity (Wildman–Crippen MR) is 36.3 cm³/mol. The Labute approximate surface area is 59.1 Å². The Morgan fingerprint density at radius 2 is 2.60 bits per heavy atom. The van der Waals surface area contributed by atoms with Crippen LogP contribution in [-0.4, -0.2) is 20.8 Å². The van der Waals surface area contributed by atoms with E-state index < -0.39 is 0 Å². The summed E-state index contributed by atoms with van der Waals surface area (Å²) in [4.78, 5) is 0. The highest BCUT2D eigenvalue weighted by molar-refractivity contribution is 4.93. The lowest BCUT2D eigenvalue weighted by atomic mass is 10.1. The van der Waals surface area contributed by atoms with Crippen LogP contribution in [0.2, 0.25) is 0 Å². The molecule has 2 heterocycles. The van der Waals surface area contributed by atoms with Crippen molar-refractivity contribution in [2.24, 2.45) is 5.73 Å². The van der Waals surface area contributed by atoms with Crippen LogP contribution in [0, 0.1) is 0 Å². The monoisotopic (exact) mass is 138 g/mol. The van der Waals surface area contributed by atoms with E-state index in [0.717, 1.165) is 25.2 Å². The summed E-state index contributed by atoms with van der Waals surface area (Å²) >= 11 is 0. The van der Waals surface area contributed by atoms with E-state index in [2.05, 4.69) is 14.8 Å². The summed E-state index contributed by atoms with van der Waals surface area (Å²) in [5.41, 5.74) is 5.73. The third kappa shape index (κ3) is 0.806. The Hall–Kier alpha value is -0.900. The molecule has 10 heavy (non-hydrogen) atoms. The standard InChI is InChI=1S/C6H10N4/c7-5-1-2-10-4-8-9-6(10)3-5/h4-5H,1-3,7H2. The molecular formula is C6H10N4. The maximum atomic E-state index is 5.73. The zero-order chi connectivity index (χ0) is 6.97. The van der Waals surface area contributed by atoms with Crippen LogP contribution in [0.3, 0.4) is 0 Å². The quantitative estimate of drug-likeness (QED) is 0.528. The molecule has 1 aliphatic rings. The third-order valence-electron chi connectivity index (χ3n) is 1.88. The second kappa shape index (κ2) is 2.05. The van der Waals surface area contributed by atoms with Crippen molar-refractivity contribution < 1.29 is 0 Å². The molecule has 4 nitrogen and oxygen atoms in total. The molecule has 1 aromatic heterocycles. The summed E-state index contributed by atoms with van der Waals surface area (Å²) in [6.07, 6.45) is 3.69. The fourth-order valence-electron chi connectivity index (χ4n) is 1.27. The smallest absolute Gasteiger partial charge is 0.134 e. The fourth-order valence-corrected chi connectivity index (χ4v) is 1.27. The second-order valence-electron chi connectivity index (χ2n) is 2.69. The highest BCUT2D eigenvalue weighted by atomic mass is 15.3. The highest BCUT2D eigenvalue weighted by Crippen LogP contribution is 2.09. The van der Waals surface area contributed by atoms with Crippen LogP contribution < -0.4 is 5.73 Å². The molecule has 0 radical (unpaired) electrons. The zero-order valence-electron chi connectivity index (χ0n) is 5.70. The van der Waals surface area contributed by atoms with Crippen LogP contribution in [0.4, 0.5) is 0 Å². The molecule has 0 saturated heterocycles. The normalized spacial score (nSPS) is 24.3. The molecule has 4 heteroatoms. The predicted octanol–water partition coefficient (Wildman–Crippen LogP) is -0.448. The second-order valence-corrected chi connectivity index (χ2v) is 2.69. The first kappa shape index (κ1) is 5.85. The average molecular weight is 138 g/mol. The molecule has 2 rings (SSSR count). The van der Waals surface area contributed by atoms with E-state index in [0.29, 0.717) is 0 Å². The van der Waals surface area contributed by atoms with Gasteiger partial charge in [0.05, 0.1) is 0 Å². The maximum absolute atomic E-state index is 5.73. The van der Waals surface area contributed by atoms with Crippen molar-refractivity contribution in [3.63, 3.8) is 0 Å². The number of hydrogen-bond acceptors (Lipinski definition) is 3. The first-order valence-electron chi connectivity index (χ1n) is 3.48. The van der Waals surface area contributed by atoms with Crippen molar-refractivity contribution in [3.05, 3.63) is 12.2 Å². The van der Waals surface area contributed by atoms with Crippen molar-refractivity contribution in [1.82, 2.24) is 14.8 Å². The molecule has 1 aliphatic heterocycles. The minimum absolute atomic E-state index is 0.289. The van der Waals surface area contributed by atoms with Gasteiger partial charge in [-0.15, -0.1) is 10.2 Å². The number of nitrogens with two attached hydrogens (primary N) is 1. The molecule has 2 N–H and O–H groups in total. The first-order chi connectivity index (χ1) is 4.86. The number of fused-ring (bicyclic) bond motifs is 1. The Bertz CT molecular complexity index is 229. The fraction of sp³-hybridized carbons (Fsp3) is 0.667. The van der Waals surface area contributed by atoms with Gasteiger partial charge >= 0.3 is 0 Å². The van der Waals surface area contributed by atoms with Gasteiger partial charge in [-0.25, -0.2) is 0 Å². The Balaban J connectivity index is 2.30. The number of rotatable bonds is 0. The summed E-state index contributed by atoms with van der Waals surface area (Å²) in [6.45, 7) is 0.976. The molecule has 0 aromatic carbocycles. The van der Waals surface area contributed by atoms with Gasteiger partial charge in [0.15, 0.2) is 0 Å². The molecule has 1 unspecified atom stereocenters. The van der Waals surface area contributed by atoms with Crippen LogP contribution in [0.5, 0.6) is 0 Å². The van der Waals surface area contributed by atoms with E-state index in [-0.39, 0.29) is 6.04 Å². The summed E-state index contributed by atoms with van der Waals surface area (Å²) in [6, 6.07) is 0.289. The van der Waals surface area contributed by atoms with Crippen molar-refractivity contribution in [1.29, 1.82) is 0 Å². The van der Waals surface area contributed by atoms with E-state index in [1.807, 2.05) is 0 Å². The summed E-state index contributed by atoms with van der Waals surface area (Å²) in [5, 5.41) is 7.74. The van der Waals surface area contributed by atoms with Crippen molar-refractivity contribution in [2.45, 2.75) is 25.4 Å². The third-order valence-corrected chi connectivity index (χ3v) is 1.88. The molecule has 0 spiro atoms. The van der Waals surface area contributed by atoms with Crippen LogP contribution >= 0.6 is 0 Å². The van der Waals surface area contributed by atoms with Gasteiger partial charge in [-0.2, -0.15) is 0 Å². The van der Waals surface area contributed by atoms with E-state index in [9.17, 15) is 0 Å². The van der Waals surface area contributed by atoms with E-state index in [1.165, 1.54) is 0 Å². The Morgan fingerprint density at radius 3 is 3.50 bits per heavy atom. The first-order valence-corrected chi connectivity index (χ1v) is 3.48. The van der Waals surface area contributed by atoms with Crippen LogP contribution in [0.15, 0.2) is 6.33 Å². The number of nitrogens with zero attached hydrogens (tertiary/aromatic N) is 3. The van der Waals surface area contributed by atoms with E-state index in [4.69, 9.17) is 5.73 Å². The summed E-state index contributed by atoms with van der Waals surface area (Å²) < 4.78 is 2.06. The number of aryl methyl sites for hydroxylation is 1. The molecule has 0 aliphatic carbocycles. The topological polar surface area (TPSA) is 56.7 Å². The molecule has 54 valence electrons. The molecule has 0 amide bonds. The molecule has 0 bridgehead atoms. The minimum Gasteiger partial charge on any atom is -0.327 e. The Morgan fingerprint density at radius 1 is 1.70 bits per heavy atom. The molecule has 1 aromatic rings. The van der Waals surface area contributed by atoms with E-state index >= 15 is 0 Å². The van der Waals surface area contributed by atoms with Crippen molar-refractivity contribution in [3.8, 4) is 0 Å². The summed E-state index contributed by atoms with van der Waals surface area (Å²) in [5.74, 6) is 1.03. The van der Waals surface area contributed by atoms with Gasteiger partial charge in [0.1, 0.15) is 12.2 Å². The van der Waals surface area contributed by atoms with Crippen LogP contribution in [-0.2, 0) is 13.0 Å². The number of aromatic nitrogens is 3. The van der Waals surface area contributed by atoms with E-state index in [1.54, 1.807) is 6.33 Å². The van der Waals surface area contributed by atoms with Crippen molar-refractivity contribution >= 4 is 0 Å². The van der Waals surface area contributed by atoms with Gasteiger partial charge in [-0.3, -0.25) is 0 Å². The van der Waals surface area contributed by atoms with Gasteiger partial charge in [-0.1, -0.05) is 0 Å². The van der Waals surface area contributed by atoms with Gasteiger partial charge in [0.2, 0.25) is 0 Å². The lowest BCUT2D eigenvalue weighted by Crippen LogP contribution is -2.30. The molecule has 0 saturated carbocycles. The largest absolute Gasteiger partial charge is 0.327 e. The van der Waals surface area contributed by atoms with Crippen molar-refractivity contribution in [2.75, 3.05) is 0 Å². The summed E-state index contributed by atoms with van der Waals surface area (Å²) in [7, 11) is 0. The van der Waals surface area contributed by atoms with Gasteiger partial charge in [-0.05, 0) is 6.42 Å². The SMILES string of the molecule is NC1CCn2cnnc2C1. The van der Waals surface area contributed by atoms with Crippen LogP contribution in [0.25, 0.3) is 0 Å². The average Bonchev–Trinajstić information content (AvgIpc) is 2.33. The van der Waals surface area contributed by atoms with Crippen LogP contribution in [0.1, 0.15) is 12.2 Å². The van der Waals surface area contributed by atoms with Gasteiger partial charge in [0.25, 0.3) is 0 Å².